The molecule has 0 amide bonds. The van der Waals surface area contributed by atoms with Crippen LogP contribution in [0.1, 0.15) is 0 Å². The fraction of sp³-hybridized carbons (Fsp3) is 0. The van der Waals surface area contributed by atoms with Crippen molar-refractivity contribution in [1.29, 1.82) is 0 Å². The van der Waals surface area contributed by atoms with Gasteiger partial charge in [-0.1, -0.05) is 376 Å². The summed E-state index contributed by atoms with van der Waals surface area (Å²) >= 11 is 0. The van der Waals surface area contributed by atoms with Crippen molar-refractivity contribution >= 4 is 57.6 Å². The molecule has 0 aliphatic carbocycles. The molecule has 0 radical (unpaired) electrons. The molecule has 0 saturated heterocycles. The minimum atomic E-state index is -3.01. The predicted molar refractivity (Wildman–Crippen MR) is 372 cm³/mol. The third-order valence-electron chi connectivity index (χ3n) is 17.5. The van der Waals surface area contributed by atoms with Gasteiger partial charge in [0.05, 0.1) is 0 Å². The molecule has 14 rings (SSSR count). The fourth-order valence-corrected chi connectivity index (χ4v) is 22.4. The Bertz CT molecular complexity index is 3780. The zero-order chi connectivity index (χ0) is 57.5. The molecule has 0 fully saturated rings. The Morgan fingerprint density at radius 3 is 0.291 bits per heavy atom. The van der Waals surface area contributed by atoms with Crippen LogP contribution in [0.2, 0.25) is 0 Å². The largest absolute Gasteiger partial charge is 0.179 e. The standard InChI is InChI=1S/C84H62Si2/c1-7-19-63(20-8-1)69-31-47-77(48-32-69)85(78-49-33-70(34-50-78)64-21-9-2-10-22-64,79-51-35-71(36-52-79)65-23-11-3-12-24-65)83-59-43-75(44-60-83)76-45-61-84(62-46-76)86(80-53-37-72(38-54-80)66-25-13-4-14-26-66,81-55-39-73(40-56-81)67-27-15-5-16-28-67)82-57-41-74(42-58-82)68-29-17-6-18-30-68/h1-62H. The van der Waals surface area contributed by atoms with Crippen LogP contribution in [0.25, 0.3) is 77.9 Å². The summed E-state index contributed by atoms with van der Waals surface area (Å²) in [6, 6.07) is 141. The molecule has 0 spiro atoms. The highest BCUT2D eigenvalue weighted by Gasteiger charge is 2.43. The van der Waals surface area contributed by atoms with Crippen molar-refractivity contribution in [3.8, 4) is 77.9 Å². The number of hydrogen-bond acceptors (Lipinski definition) is 0. The smallest absolute Gasteiger partial charge is 0.0622 e. The lowest BCUT2D eigenvalue weighted by Gasteiger charge is -2.35. The summed E-state index contributed by atoms with van der Waals surface area (Å²) in [4.78, 5) is 0. The summed E-state index contributed by atoms with van der Waals surface area (Å²) < 4.78 is 0. The number of rotatable bonds is 15. The van der Waals surface area contributed by atoms with Crippen molar-refractivity contribution in [2.24, 2.45) is 0 Å². The molecule has 0 atom stereocenters. The first kappa shape index (κ1) is 53.5. The zero-order valence-corrected chi connectivity index (χ0v) is 49.8. The van der Waals surface area contributed by atoms with Gasteiger partial charge in [0.15, 0.2) is 16.1 Å². The second-order valence-corrected chi connectivity index (χ2v) is 29.9. The van der Waals surface area contributed by atoms with Crippen molar-refractivity contribution in [1.82, 2.24) is 0 Å². The number of hydrogen-bond donors (Lipinski definition) is 0. The van der Waals surface area contributed by atoms with Gasteiger partial charge in [-0.15, -0.1) is 0 Å². The van der Waals surface area contributed by atoms with Crippen molar-refractivity contribution in [2.75, 3.05) is 0 Å². The molecule has 14 aromatic rings. The molecule has 0 nitrogen and oxygen atoms in total. The van der Waals surface area contributed by atoms with Crippen molar-refractivity contribution in [2.45, 2.75) is 0 Å². The van der Waals surface area contributed by atoms with Gasteiger partial charge >= 0.3 is 0 Å². The van der Waals surface area contributed by atoms with E-state index >= 15 is 0 Å². The van der Waals surface area contributed by atoms with Crippen molar-refractivity contribution in [3.63, 3.8) is 0 Å². The third kappa shape index (κ3) is 10.3. The van der Waals surface area contributed by atoms with Crippen molar-refractivity contribution in [3.05, 3.63) is 376 Å². The topological polar surface area (TPSA) is 0 Å². The molecule has 406 valence electrons. The lowest BCUT2D eigenvalue weighted by atomic mass is 10.1. The van der Waals surface area contributed by atoms with Crippen LogP contribution < -0.4 is 41.5 Å². The van der Waals surface area contributed by atoms with Crippen LogP contribution in [0.4, 0.5) is 0 Å². The Kier molecular flexibility index (Phi) is 14.9. The van der Waals surface area contributed by atoms with Gasteiger partial charge in [-0.05, 0) is 119 Å². The SMILES string of the molecule is c1ccc(-c2ccc([Si](c3ccc(-c4ccccc4)cc3)(c3ccc(-c4ccccc4)cc3)c3ccc(-c4ccc([Si](c5ccc(-c6ccccc6)cc5)(c5ccc(-c6ccccc6)cc5)c5ccc(-c6ccccc6)cc5)cc4)cc3)cc2)cc1. The van der Waals surface area contributed by atoms with Crippen LogP contribution in [0, 0.1) is 0 Å². The second kappa shape index (κ2) is 24.0. The minimum Gasteiger partial charge on any atom is -0.0622 e. The Hall–Kier alpha value is -10.5. The van der Waals surface area contributed by atoms with Gasteiger partial charge in [0.25, 0.3) is 0 Å². The molecule has 0 N–H and O–H groups in total. The maximum atomic E-state index is 2.44. The van der Waals surface area contributed by atoms with Crippen LogP contribution >= 0.6 is 0 Å². The highest BCUT2D eigenvalue weighted by Crippen LogP contribution is 2.28. The maximum absolute atomic E-state index is 3.01. The van der Waals surface area contributed by atoms with E-state index in [1.807, 2.05) is 0 Å². The van der Waals surface area contributed by atoms with E-state index in [1.54, 1.807) is 0 Å². The van der Waals surface area contributed by atoms with Gasteiger partial charge < -0.3 is 0 Å². The molecular weight excluding hydrogens is 1070 g/mol. The van der Waals surface area contributed by atoms with Crippen LogP contribution in [0.15, 0.2) is 376 Å². The second-order valence-electron chi connectivity index (χ2n) is 22.3. The zero-order valence-electron chi connectivity index (χ0n) is 47.8. The molecule has 2 heteroatoms. The molecular formula is C84H62Si2. The van der Waals surface area contributed by atoms with E-state index in [9.17, 15) is 0 Å². The van der Waals surface area contributed by atoms with Crippen LogP contribution in [0.5, 0.6) is 0 Å². The van der Waals surface area contributed by atoms with E-state index in [4.69, 9.17) is 0 Å². The Labute approximate surface area is 508 Å². The molecule has 0 unspecified atom stereocenters. The first-order chi connectivity index (χ1) is 42.6. The van der Waals surface area contributed by atoms with E-state index in [1.165, 1.54) is 119 Å². The summed E-state index contributed by atoms with van der Waals surface area (Å²) in [5.74, 6) is 0. The summed E-state index contributed by atoms with van der Waals surface area (Å²) in [6.45, 7) is 0. The Balaban J connectivity index is 0.915. The van der Waals surface area contributed by atoms with Crippen LogP contribution in [-0.2, 0) is 0 Å². The van der Waals surface area contributed by atoms with Gasteiger partial charge in [0.1, 0.15) is 0 Å². The highest BCUT2D eigenvalue weighted by atomic mass is 28.3. The lowest BCUT2D eigenvalue weighted by molar-refractivity contribution is 1.60. The molecule has 0 heterocycles. The Morgan fingerprint density at radius 1 is 0.0930 bits per heavy atom. The summed E-state index contributed by atoms with van der Waals surface area (Å²) in [7, 11) is -6.03. The molecule has 14 aromatic carbocycles. The third-order valence-corrected chi connectivity index (χ3v) is 27.1. The molecule has 0 aromatic heterocycles. The first-order valence-corrected chi connectivity index (χ1v) is 33.8. The molecule has 0 bridgehead atoms. The van der Waals surface area contributed by atoms with E-state index in [2.05, 4.69) is 376 Å². The monoisotopic (exact) mass is 1130 g/mol. The van der Waals surface area contributed by atoms with Gasteiger partial charge in [0, 0.05) is 0 Å². The Morgan fingerprint density at radius 2 is 0.186 bits per heavy atom. The van der Waals surface area contributed by atoms with Gasteiger partial charge in [-0.3, -0.25) is 0 Å². The normalized spacial score (nSPS) is 11.5. The molecule has 0 aliphatic heterocycles. The van der Waals surface area contributed by atoms with Crippen LogP contribution in [-0.4, -0.2) is 16.1 Å². The predicted octanol–water partition coefficient (Wildman–Crippen LogP) is 16.1. The molecule has 0 saturated carbocycles. The van der Waals surface area contributed by atoms with E-state index in [-0.39, 0.29) is 0 Å². The maximum Gasteiger partial charge on any atom is 0.179 e. The van der Waals surface area contributed by atoms with Crippen LogP contribution in [0.3, 0.4) is 0 Å². The molecule has 86 heavy (non-hydrogen) atoms. The summed E-state index contributed by atoms with van der Waals surface area (Å²) in [5, 5.41) is 10.7. The summed E-state index contributed by atoms with van der Waals surface area (Å²) in [6.07, 6.45) is 0. The first-order valence-electron chi connectivity index (χ1n) is 29.8. The highest BCUT2D eigenvalue weighted by molar-refractivity contribution is 7.20. The summed E-state index contributed by atoms with van der Waals surface area (Å²) in [5.41, 5.74) is 16.9. The average molecular weight is 1130 g/mol. The van der Waals surface area contributed by atoms with E-state index < -0.39 is 16.1 Å². The quantitative estimate of drug-likeness (QED) is 0.0709. The molecule has 0 aliphatic rings. The van der Waals surface area contributed by atoms with Gasteiger partial charge in [0.2, 0.25) is 0 Å². The van der Waals surface area contributed by atoms with Gasteiger partial charge in [-0.2, -0.15) is 0 Å². The fourth-order valence-electron chi connectivity index (χ4n) is 13.1. The number of benzene rings is 14. The van der Waals surface area contributed by atoms with E-state index in [0.717, 1.165) is 0 Å². The van der Waals surface area contributed by atoms with E-state index in [0.29, 0.717) is 0 Å². The van der Waals surface area contributed by atoms with Gasteiger partial charge in [-0.25, -0.2) is 0 Å². The van der Waals surface area contributed by atoms with Crippen molar-refractivity contribution < 1.29 is 0 Å². The average Bonchev–Trinajstić information content (AvgIpc) is 0.964. The minimum absolute atomic E-state index is 1.18. The lowest BCUT2D eigenvalue weighted by Crippen LogP contribution is -2.74.